The monoisotopic (exact) mass is 158 g/mol. The molecule has 54 valence electrons. The quantitative estimate of drug-likeness (QED) is 0.636. The summed E-state index contributed by atoms with van der Waals surface area (Å²) >= 11 is 5.63. The molecule has 0 fully saturated rings. The molecular formula is C6H7ClN2O. The third kappa shape index (κ3) is 1.37. The fourth-order valence-electron chi connectivity index (χ4n) is 0.597. The van der Waals surface area contributed by atoms with Crippen molar-refractivity contribution in [2.24, 2.45) is 0 Å². The number of nitrogens with two attached hydrogens (primary N) is 1. The minimum absolute atomic E-state index is 0.154. The van der Waals surface area contributed by atoms with Gasteiger partial charge in [-0.25, -0.2) is 0 Å². The van der Waals surface area contributed by atoms with E-state index in [1.807, 2.05) is 0 Å². The van der Waals surface area contributed by atoms with Gasteiger partial charge in [0.05, 0.1) is 29.2 Å². The third-order valence-electron chi connectivity index (χ3n) is 1.09. The van der Waals surface area contributed by atoms with Crippen LogP contribution in [0, 0.1) is 0 Å². The number of halogens is 1. The van der Waals surface area contributed by atoms with Crippen molar-refractivity contribution in [1.29, 1.82) is 0 Å². The first kappa shape index (κ1) is 7.31. The number of aliphatic hydroxyl groups is 1. The molecule has 0 aliphatic carbocycles. The van der Waals surface area contributed by atoms with Crippen molar-refractivity contribution in [3.63, 3.8) is 0 Å². The molecule has 10 heavy (non-hydrogen) atoms. The number of pyridine rings is 1. The van der Waals surface area contributed by atoms with Crippen molar-refractivity contribution in [3.8, 4) is 0 Å². The lowest BCUT2D eigenvalue weighted by atomic mass is 10.3. The average Bonchev–Trinajstić information content (AvgIpc) is 1.88. The summed E-state index contributed by atoms with van der Waals surface area (Å²) in [5, 5.41) is 9.03. The lowest BCUT2D eigenvalue weighted by Crippen LogP contribution is -1.93. The van der Waals surface area contributed by atoms with E-state index in [0.29, 0.717) is 16.4 Å². The standard InChI is InChI=1S/C6H7ClN2O/c7-5-1-4(8)2-9-6(5)3-10/h1-2,10H,3,8H2. The van der Waals surface area contributed by atoms with Crippen LogP contribution < -0.4 is 5.73 Å². The van der Waals surface area contributed by atoms with Gasteiger partial charge in [0.2, 0.25) is 0 Å². The zero-order valence-corrected chi connectivity index (χ0v) is 5.97. The Labute approximate surface area is 63.5 Å². The largest absolute Gasteiger partial charge is 0.397 e. The highest BCUT2D eigenvalue weighted by molar-refractivity contribution is 6.31. The van der Waals surface area contributed by atoms with Crippen LogP contribution in [0.2, 0.25) is 5.02 Å². The van der Waals surface area contributed by atoms with Crippen LogP contribution in [0.3, 0.4) is 0 Å². The molecule has 1 aromatic heterocycles. The number of aromatic nitrogens is 1. The molecule has 0 saturated heterocycles. The van der Waals surface area contributed by atoms with Crippen LogP contribution in [0.25, 0.3) is 0 Å². The van der Waals surface area contributed by atoms with Crippen LogP contribution in [0.15, 0.2) is 12.3 Å². The second-order valence-electron chi connectivity index (χ2n) is 1.86. The predicted molar refractivity (Wildman–Crippen MR) is 39.6 cm³/mol. The summed E-state index contributed by atoms with van der Waals surface area (Å²) in [4.78, 5) is 3.79. The fraction of sp³-hybridized carbons (Fsp3) is 0.167. The zero-order chi connectivity index (χ0) is 7.56. The molecule has 0 saturated carbocycles. The Hall–Kier alpha value is -0.800. The van der Waals surface area contributed by atoms with Gasteiger partial charge >= 0.3 is 0 Å². The van der Waals surface area contributed by atoms with Crippen molar-refractivity contribution in [2.75, 3.05) is 5.73 Å². The van der Waals surface area contributed by atoms with E-state index in [9.17, 15) is 0 Å². The van der Waals surface area contributed by atoms with Crippen LogP contribution in [-0.4, -0.2) is 10.1 Å². The highest BCUT2D eigenvalue weighted by Gasteiger charge is 1.98. The molecule has 0 aromatic carbocycles. The van der Waals surface area contributed by atoms with E-state index in [2.05, 4.69) is 4.98 Å². The summed E-state index contributed by atoms with van der Waals surface area (Å²) in [6, 6.07) is 1.56. The van der Waals surface area contributed by atoms with Crippen molar-refractivity contribution < 1.29 is 5.11 Å². The van der Waals surface area contributed by atoms with Gasteiger partial charge in [-0.1, -0.05) is 11.6 Å². The van der Waals surface area contributed by atoms with E-state index in [0.717, 1.165) is 0 Å². The molecule has 0 bridgehead atoms. The van der Waals surface area contributed by atoms with Gasteiger partial charge in [0, 0.05) is 0 Å². The summed E-state index contributed by atoms with van der Waals surface area (Å²) in [7, 11) is 0. The summed E-state index contributed by atoms with van der Waals surface area (Å²) < 4.78 is 0. The molecule has 1 rings (SSSR count). The first-order valence-corrected chi connectivity index (χ1v) is 3.12. The van der Waals surface area contributed by atoms with Crippen molar-refractivity contribution >= 4 is 17.3 Å². The molecule has 3 N–H and O–H groups in total. The molecule has 0 amide bonds. The summed E-state index contributed by atoms with van der Waals surface area (Å²) in [6.45, 7) is -0.154. The van der Waals surface area contributed by atoms with E-state index in [1.54, 1.807) is 6.07 Å². The van der Waals surface area contributed by atoms with Gasteiger partial charge < -0.3 is 10.8 Å². The van der Waals surface area contributed by atoms with Gasteiger partial charge in [-0.2, -0.15) is 0 Å². The molecule has 0 spiro atoms. The van der Waals surface area contributed by atoms with Crippen molar-refractivity contribution in [1.82, 2.24) is 4.98 Å². The van der Waals surface area contributed by atoms with Crippen molar-refractivity contribution in [2.45, 2.75) is 6.61 Å². The van der Waals surface area contributed by atoms with Crippen molar-refractivity contribution in [3.05, 3.63) is 23.0 Å². The molecule has 3 nitrogen and oxygen atoms in total. The SMILES string of the molecule is Nc1cnc(CO)c(Cl)c1. The molecular weight excluding hydrogens is 152 g/mol. The maximum absolute atomic E-state index is 8.62. The Morgan fingerprint density at radius 3 is 2.90 bits per heavy atom. The van der Waals surface area contributed by atoms with Crippen LogP contribution in [0.5, 0.6) is 0 Å². The summed E-state index contributed by atoms with van der Waals surface area (Å²) in [6.07, 6.45) is 1.46. The highest BCUT2D eigenvalue weighted by Crippen LogP contribution is 2.15. The van der Waals surface area contributed by atoms with E-state index in [4.69, 9.17) is 22.4 Å². The summed E-state index contributed by atoms with van der Waals surface area (Å²) in [5.41, 5.74) is 6.31. The molecule has 1 aromatic rings. The Bertz CT molecular complexity index is 239. The number of hydrogen-bond acceptors (Lipinski definition) is 3. The Kier molecular flexibility index (Phi) is 2.09. The molecule has 0 radical (unpaired) electrons. The Balaban J connectivity index is 3.07. The Morgan fingerprint density at radius 1 is 1.70 bits per heavy atom. The van der Waals surface area contributed by atoms with Gasteiger partial charge in [0.15, 0.2) is 0 Å². The molecule has 1 heterocycles. The second-order valence-corrected chi connectivity index (χ2v) is 2.26. The zero-order valence-electron chi connectivity index (χ0n) is 5.21. The van der Waals surface area contributed by atoms with Gasteiger partial charge in [-0.3, -0.25) is 4.98 Å². The Morgan fingerprint density at radius 2 is 2.40 bits per heavy atom. The number of aliphatic hydroxyl groups excluding tert-OH is 1. The molecule has 0 unspecified atom stereocenters. The second kappa shape index (κ2) is 2.86. The average molecular weight is 159 g/mol. The number of nitrogen functional groups attached to an aromatic ring is 1. The number of rotatable bonds is 1. The number of nitrogens with zero attached hydrogens (tertiary/aromatic N) is 1. The van der Waals surface area contributed by atoms with Crippen LogP contribution in [0.1, 0.15) is 5.69 Å². The maximum Gasteiger partial charge on any atom is 0.0868 e. The van der Waals surface area contributed by atoms with E-state index in [1.165, 1.54) is 6.20 Å². The third-order valence-corrected chi connectivity index (χ3v) is 1.42. The molecule has 0 aliphatic heterocycles. The normalized spacial score (nSPS) is 9.80. The minimum atomic E-state index is -0.154. The van der Waals surface area contributed by atoms with Gasteiger partial charge in [-0.05, 0) is 6.07 Å². The van der Waals surface area contributed by atoms with E-state index < -0.39 is 0 Å². The number of anilines is 1. The first-order valence-electron chi connectivity index (χ1n) is 2.75. The molecule has 0 aliphatic rings. The maximum atomic E-state index is 8.62. The van der Waals surface area contributed by atoms with Crippen LogP contribution in [0.4, 0.5) is 5.69 Å². The highest BCUT2D eigenvalue weighted by atomic mass is 35.5. The fourth-order valence-corrected chi connectivity index (χ4v) is 0.832. The molecule has 0 atom stereocenters. The summed E-state index contributed by atoms with van der Waals surface area (Å²) in [5.74, 6) is 0. The lowest BCUT2D eigenvalue weighted by molar-refractivity contribution is 0.277. The smallest absolute Gasteiger partial charge is 0.0868 e. The lowest BCUT2D eigenvalue weighted by Gasteiger charge is -1.98. The van der Waals surface area contributed by atoms with Gasteiger partial charge in [-0.15, -0.1) is 0 Å². The van der Waals surface area contributed by atoms with Crippen LogP contribution >= 0.6 is 11.6 Å². The first-order chi connectivity index (χ1) is 4.74. The number of hydrogen-bond donors (Lipinski definition) is 2. The topological polar surface area (TPSA) is 59.1 Å². The van der Waals surface area contributed by atoms with E-state index in [-0.39, 0.29) is 6.61 Å². The minimum Gasteiger partial charge on any atom is -0.397 e. The predicted octanol–water partition coefficient (Wildman–Crippen LogP) is 0.810. The molecule has 4 heteroatoms. The van der Waals surface area contributed by atoms with Crippen LogP contribution in [-0.2, 0) is 6.61 Å². The van der Waals surface area contributed by atoms with Gasteiger partial charge in [0.25, 0.3) is 0 Å². The van der Waals surface area contributed by atoms with E-state index >= 15 is 0 Å². The van der Waals surface area contributed by atoms with Gasteiger partial charge in [0.1, 0.15) is 0 Å².